The normalized spacial score (nSPS) is 21.7. The molecule has 0 aromatic heterocycles. The van der Waals surface area contributed by atoms with Crippen molar-refractivity contribution in [2.45, 2.75) is 26.3 Å². The van der Waals surface area contributed by atoms with Crippen molar-refractivity contribution in [3.05, 3.63) is 35.1 Å². The van der Waals surface area contributed by atoms with Crippen LogP contribution in [0.4, 0.5) is 4.39 Å². The van der Waals surface area contributed by atoms with Crippen LogP contribution in [-0.4, -0.2) is 18.1 Å². The molecule has 1 saturated heterocycles. The van der Waals surface area contributed by atoms with Crippen LogP contribution in [0, 0.1) is 18.7 Å². The van der Waals surface area contributed by atoms with Crippen molar-refractivity contribution in [1.29, 1.82) is 0 Å². The number of thioether (sulfide) groups is 1. The zero-order valence-electron chi connectivity index (χ0n) is 10.5. The Morgan fingerprint density at radius 2 is 2.35 bits per heavy atom. The van der Waals surface area contributed by atoms with Crippen LogP contribution < -0.4 is 5.32 Å². The highest BCUT2D eigenvalue weighted by molar-refractivity contribution is 7.99. The van der Waals surface area contributed by atoms with Gasteiger partial charge in [0.1, 0.15) is 5.82 Å². The van der Waals surface area contributed by atoms with Crippen LogP contribution in [0.2, 0.25) is 0 Å². The van der Waals surface area contributed by atoms with Crippen LogP contribution in [0.15, 0.2) is 18.2 Å². The first kappa shape index (κ1) is 12.9. The van der Waals surface area contributed by atoms with Crippen molar-refractivity contribution in [2.75, 3.05) is 18.1 Å². The van der Waals surface area contributed by atoms with Gasteiger partial charge in [-0.1, -0.05) is 13.0 Å². The predicted molar refractivity (Wildman–Crippen MR) is 73.0 cm³/mol. The SMILES string of the molecule is CCNC(c1cc(F)ccc1C)C1CCSC1. The van der Waals surface area contributed by atoms with Gasteiger partial charge in [0, 0.05) is 6.04 Å². The molecule has 0 saturated carbocycles. The zero-order valence-corrected chi connectivity index (χ0v) is 11.3. The maximum atomic E-state index is 13.4. The van der Waals surface area contributed by atoms with Gasteiger partial charge in [0.15, 0.2) is 0 Å². The van der Waals surface area contributed by atoms with E-state index in [0.29, 0.717) is 12.0 Å². The second-order valence-electron chi connectivity index (χ2n) is 4.66. The van der Waals surface area contributed by atoms with Crippen LogP contribution in [0.1, 0.15) is 30.5 Å². The highest BCUT2D eigenvalue weighted by Crippen LogP contribution is 2.35. The lowest BCUT2D eigenvalue weighted by atomic mass is 9.89. The molecule has 3 heteroatoms. The minimum absolute atomic E-state index is 0.126. The van der Waals surface area contributed by atoms with Gasteiger partial charge < -0.3 is 5.32 Å². The van der Waals surface area contributed by atoms with Gasteiger partial charge in [0.05, 0.1) is 0 Å². The smallest absolute Gasteiger partial charge is 0.123 e. The van der Waals surface area contributed by atoms with E-state index >= 15 is 0 Å². The van der Waals surface area contributed by atoms with Crippen LogP contribution >= 0.6 is 11.8 Å². The molecule has 1 heterocycles. The fraction of sp³-hybridized carbons (Fsp3) is 0.571. The summed E-state index contributed by atoms with van der Waals surface area (Å²) in [6.45, 7) is 5.12. The third-order valence-electron chi connectivity index (χ3n) is 3.44. The molecule has 0 bridgehead atoms. The highest BCUT2D eigenvalue weighted by atomic mass is 32.2. The van der Waals surface area contributed by atoms with Crippen molar-refractivity contribution in [3.63, 3.8) is 0 Å². The fourth-order valence-corrected chi connectivity index (χ4v) is 3.81. The first-order valence-electron chi connectivity index (χ1n) is 6.29. The summed E-state index contributed by atoms with van der Waals surface area (Å²) in [5.41, 5.74) is 2.33. The standard InChI is InChI=1S/C14H20FNS/c1-3-16-14(11-6-7-17-9-11)13-8-12(15)5-4-10(13)2/h4-5,8,11,14,16H,3,6-7,9H2,1-2H3. The summed E-state index contributed by atoms with van der Waals surface area (Å²) >= 11 is 2.01. The summed E-state index contributed by atoms with van der Waals surface area (Å²) in [5, 5.41) is 3.53. The van der Waals surface area contributed by atoms with Gasteiger partial charge in [0.25, 0.3) is 0 Å². The largest absolute Gasteiger partial charge is 0.310 e. The van der Waals surface area contributed by atoms with Crippen molar-refractivity contribution in [2.24, 2.45) is 5.92 Å². The molecule has 0 spiro atoms. The third-order valence-corrected chi connectivity index (χ3v) is 4.62. The molecule has 1 nitrogen and oxygen atoms in total. The second kappa shape index (κ2) is 5.87. The van der Waals surface area contributed by atoms with E-state index in [0.717, 1.165) is 12.1 Å². The quantitative estimate of drug-likeness (QED) is 0.881. The molecular weight excluding hydrogens is 233 g/mol. The molecule has 2 rings (SSSR count). The monoisotopic (exact) mass is 253 g/mol. The molecule has 1 N–H and O–H groups in total. The van der Waals surface area contributed by atoms with Crippen LogP contribution in [0.25, 0.3) is 0 Å². The summed E-state index contributed by atoms with van der Waals surface area (Å²) in [7, 11) is 0. The Morgan fingerprint density at radius 3 is 3.00 bits per heavy atom. The van der Waals surface area contributed by atoms with Crippen LogP contribution in [0.5, 0.6) is 0 Å². The minimum atomic E-state index is -0.126. The van der Waals surface area contributed by atoms with Gasteiger partial charge in [-0.2, -0.15) is 11.8 Å². The van der Waals surface area contributed by atoms with Gasteiger partial charge in [-0.3, -0.25) is 0 Å². The number of aryl methyl sites for hydroxylation is 1. The van der Waals surface area contributed by atoms with E-state index in [1.807, 2.05) is 17.8 Å². The molecule has 2 unspecified atom stereocenters. The molecule has 0 aliphatic carbocycles. The Hall–Kier alpha value is -0.540. The van der Waals surface area contributed by atoms with E-state index in [2.05, 4.69) is 19.2 Å². The van der Waals surface area contributed by atoms with E-state index in [-0.39, 0.29) is 5.82 Å². The van der Waals surface area contributed by atoms with E-state index < -0.39 is 0 Å². The molecule has 0 amide bonds. The first-order valence-corrected chi connectivity index (χ1v) is 7.45. The Bertz CT molecular complexity index is 374. The number of hydrogen-bond acceptors (Lipinski definition) is 2. The maximum Gasteiger partial charge on any atom is 0.123 e. The van der Waals surface area contributed by atoms with Gasteiger partial charge in [-0.15, -0.1) is 0 Å². The number of benzene rings is 1. The molecule has 0 radical (unpaired) electrons. The van der Waals surface area contributed by atoms with Crippen LogP contribution in [0.3, 0.4) is 0 Å². The van der Waals surface area contributed by atoms with Gasteiger partial charge in [-0.25, -0.2) is 4.39 Å². The summed E-state index contributed by atoms with van der Waals surface area (Å²) in [6, 6.07) is 5.44. The van der Waals surface area contributed by atoms with Crippen molar-refractivity contribution in [1.82, 2.24) is 5.32 Å². The van der Waals surface area contributed by atoms with Gasteiger partial charge in [-0.05, 0) is 60.6 Å². The summed E-state index contributed by atoms with van der Waals surface area (Å²) in [5.74, 6) is 2.94. The van der Waals surface area contributed by atoms with Crippen LogP contribution in [-0.2, 0) is 0 Å². The molecule has 17 heavy (non-hydrogen) atoms. The van der Waals surface area contributed by atoms with Gasteiger partial charge >= 0.3 is 0 Å². The first-order chi connectivity index (χ1) is 8.22. The third kappa shape index (κ3) is 3.02. The summed E-state index contributed by atoms with van der Waals surface area (Å²) in [6.07, 6.45) is 1.23. The zero-order chi connectivity index (χ0) is 12.3. The Balaban J connectivity index is 2.27. The molecule has 1 aliphatic heterocycles. The second-order valence-corrected chi connectivity index (χ2v) is 5.81. The lowest BCUT2D eigenvalue weighted by Gasteiger charge is -2.26. The number of halogens is 1. The molecule has 1 aromatic rings. The minimum Gasteiger partial charge on any atom is -0.310 e. The average Bonchev–Trinajstić information content (AvgIpc) is 2.83. The number of rotatable bonds is 4. The summed E-state index contributed by atoms with van der Waals surface area (Å²) < 4.78 is 13.4. The molecule has 2 atom stereocenters. The maximum absolute atomic E-state index is 13.4. The Kier molecular flexibility index (Phi) is 4.46. The highest BCUT2D eigenvalue weighted by Gasteiger charge is 2.27. The lowest BCUT2D eigenvalue weighted by Crippen LogP contribution is -2.29. The predicted octanol–water partition coefficient (Wildman–Crippen LogP) is 3.54. The van der Waals surface area contributed by atoms with Gasteiger partial charge in [0.2, 0.25) is 0 Å². The Morgan fingerprint density at radius 1 is 1.53 bits per heavy atom. The van der Waals surface area contributed by atoms with E-state index in [9.17, 15) is 4.39 Å². The van der Waals surface area contributed by atoms with E-state index in [1.165, 1.54) is 23.5 Å². The molecular formula is C14H20FNS. The molecule has 94 valence electrons. The molecule has 1 fully saturated rings. The van der Waals surface area contributed by atoms with Crippen molar-refractivity contribution < 1.29 is 4.39 Å². The molecule has 1 aromatic carbocycles. The van der Waals surface area contributed by atoms with Crippen molar-refractivity contribution in [3.8, 4) is 0 Å². The summed E-state index contributed by atoms with van der Waals surface area (Å²) in [4.78, 5) is 0. The number of nitrogens with one attached hydrogen (secondary N) is 1. The number of hydrogen-bond donors (Lipinski definition) is 1. The lowest BCUT2D eigenvalue weighted by molar-refractivity contribution is 0.398. The van der Waals surface area contributed by atoms with Crippen molar-refractivity contribution >= 4 is 11.8 Å². The van der Waals surface area contributed by atoms with E-state index in [1.54, 1.807) is 12.1 Å². The average molecular weight is 253 g/mol. The Labute approximate surface area is 107 Å². The topological polar surface area (TPSA) is 12.0 Å². The molecule has 1 aliphatic rings. The fourth-order valence-electron chi connectivity index (χ4n) is 2.51. The van der Waals surface area contributed by atoms with E-state index in [4.69, 9.17) is 0 Å².